The van der Waals surface area contributed by atoms with E-state index in [2.05, 4.69) is 34.6 Å². The number of hydrogen-bond acceptors (Lipinski definition) is 5. The van der Waals surface area contributed by atoms with Crippen LogP contribution < -0.4 is 10.6 Å². The number of nitrogens with one attached hydrogen (secondary N) is 2. The number of aromatic nitrogens is 1. The van der Waals surface area contributed by atoms with E-state index >= 15 is 0 Å². The largest absolute Gasteiger partial charge is 0.381 e. The van der Waals surface area contributed by atoms with Crippen LogP contribution in [0.25, 0.3) is 0 Å². The van der Waals surface area contributed by atoms with Crippen molar-refractivity contribution in [3.8, 4) is 0 Å². The van der Waals surface area contributed by atoms with Gasteiger partial charge in [0.2, 0.25) is 0 Å². The number of ether oxygens (including phenoxy) is 1. The van der Waals surface area contributed by atoms with Crippen LogP contribution in [-0.2, 0) is 4.74 Å². The molecule has 1 aliphatic heterocycles. The fraction of sp³-hybridized carbons (Fsp3) is 0.647. The molecule has 1 aromatic heterocycles. The van der Waals surface area contributed by atoms with Crippen molar-refractivity contribution in [1.82, 2.24) is 15.2 Å². The number of carbonyl (C=O) groups is 1. The van der Waals surface area contributed by atoms with Crippen LogP contribution in [0, 0.1) is 0 Å². The number of likely N-dealkylation sites (N-methyl/N-ethyl adjacent to an activating group) is 1. The number of rotatable bonds is 7. The van der Waals surface area contributed by atoms with Crippen molar-refractivity contribution in [3.05, 3.63) is 23.9 Å². The summed E-state index contributed by atoms with van der Waals surface area (Å²) in [5, 5.41) is 6.26. The zero-order valence-corrected chi connectivity index (χ0v) is 14.4. The van der Waals surface area contributed by atoms with Crippen LogP contribution in [0.5, 0.6) is 0 Å². The highest BCUT2D eigenvalue weighted by Gasteiger charge is 2.34. The second-order valence-electron chi connectivity index (χ2n) is 6.27. The Balaban J connectivity index is 1.93. The molecular weight excluding hydrogens is 292 g/mol. The summed E-state index contributed by atoms with van der Waals surface area (Å²) < 4.78 is 5.49. The highest BCUT2D eigenvalue weighted by atomic mass is 16.5. The van der Waals surface area contributed by atoms with E-state index in [0.717, 1.165) is 44.8 Å². The molecule has 6 heteroatoms. The van der Waals surface area contributed by atoms with Crippen LogP contribution in [0.15, 0.2) is 18.3 Å². The van der Waals surface area contributed by atoms with Gasteiger partial charge < -0.3 is 20.3 Å². The lowest BCUT2D eigenvalue weighted by molar-refractivity contribution is -0.000665. The first-order valence-corrected chi connectivity index (χ1v) is 8.31. The normalized spacial score (nSPS) is 17.0. The summed E-state index contributed by atoms with van der Waals surface area (Å²) >= 11 is 0. The maximum atomic E-state index is 11.9. The molecule has 0 aromatic carbocycles. The summed E-state index contributed by atoms with van der Waals surface area (Å²) in [4.78, 5) is 18.5. The Hall–Kier alpha value is -1.66. The molecule has 1 aromatic rings. The van der Waals surface area contributed by atoms with Crippen LogP contribution >= 0.6 is 0 Å². The minimum Gasteiger partial charge on any atom is -0.381 e. The van der Waals surface area contributed by atoms with Crippen molar-refractivity contribution in [2.75, 3.05) is 45.7 Å². The smallest absolute Gasteiger partial charge is 0.252 e. The predicted molar refractivity (Wildman–Crippen MR) is 91.8 cm³/mol. The fourth-order valence-corrected chi connectivity index (χ4v) is 2.76. The molecule has 0 radical (unpaired) electrons. The van der Waals surface area contributed by atoms with E-state index in [9.17, 15) is 4.79 Å². The zero-order valence-electron chi connectivity index (χ0n) is 14.4. The molecule has 1 amide bonds. The molecule has 2 rings (SSSR count). The Bertz CT molecular complexity index is 496. The summed E-state index contributed by atoms with van der Waals surface area (Å²) in [6.45, 7) is 5.13. The van der Waals surface area contributed by atoms with E-state index < -0.39 is 0 Å². The van der Waals surface area contributed by atoms with Gasteiger partial charge in [-0.05, 0) is 45.5 Å². The quantitative estimate of drug-likeness (QED) is 0.801. The van der Waals surface area contributed by atoms with Crippen LogP contribution in [0.4, 0.5) is 5.82 Å². The molecule has 0 bridgehead atoms. The third-order valence-electron chi connectivity index (χ3n) is 4.53. The van der Waals surface area contributed by atoms with E-state index in [0.29, 0.717) is 12.1 Å². The zero-order chi connectivity index (χ0) is 16.7. The Kier molecular flexibility index (Phi) is 6.36. The third kappa shape index (κ3) is 4.65. The van der Waals surface area contributed by atoms with Gasteiger partial charge >= 0.3 is 0 Å². The molecule has 2 heterocycles. The third-order valence-corrected chi connectivity index (χ3v) is 4.53. The predicted octanol–water partition coefficient (Wildman–Crippen LogP) is 1.74. The van der Waals surface area contributed by atoms with Gasteiger partial charge in [-0.1, -0.05) is 6.92 Å². The van der Waals surface area contributed by atoms with E-state index in [1.54, 1.807) is 6.20 Å². The number of hydrogen-bond donors (Lipinski definition) is 2. The first-order chi connectivity index (χ1) is 11.1. The molecule has 0 spiro atoms. The summed E-state index contributed by atoms with van der Waals surface area (Å²) in [6, 6.07) is 3.68. The summed E-state index contributed by atoms with van der Waals surface area (Å²) in [5.74, 6) is 0.727. The Morgan fingerprint density at radius 3 is 2.65 bits per heavy atom. The lowest BCUT2D eigenvalue weighted by Crippen LogP contribution is -2.53. The van der Waals surface area contributed by atoms with Gasteiger partial charge in [-0.15, -0.1) is 0 Å². The molecule has 128 valence electrons. The van der Waals surface area contributed by atoms with Crippen LogP contribution in [0.3, 0.4) is 0 Å². The number of amides is 1. The molecule has 0 unspecified atom stereocenters. The minimum absolute atomic E-state index is 0.0694. The van der Waals surface area contributed by atoms with E-state index in [1.165, 1.54) is 0 Å². The summed E-state index contributed by atoms with van der Waals surface area (Å²) in [6.07, 6.45) is 4.56. The van der Waals surface area contributed by atoms with Gasteiger partial charge in [0.25, 0.3) is 5.91 Å². The van der Waals surface area contributed by atoms with Gasteiger partial charge in [-0.25, -0.2) is 4.98 Å². The van der Waals surface area contributed by atoms with Gasteiger partial charge in [-0.2, -0.15) is 0 Å². The van der Waals surface area contributed by atoms with Gasteiger partial charge in [0.05, 0.1) is 5.56 Å². The highest BCUT2D eigenvalue weighted by Crippen LogP contribution is 2.26. The lowest BCUT2D eigenvalue weighted by Gasteiger charge is -2.43. The van der Waals surface area contributed by atoms with Crippen molar-refractivity contribution < 1.29 is 9.53 Å². The molecule has 2 N–H and O–H groups in total. The van der Waals surface area contributed by atoms with Gasteiger partial charge in [-0.3, -0.25) is 4.79 Å². The number of carbonyl (C=O) groups excluding carboxylic acids is 1. The lowest BCUT2D eigenvalue weighted by atomic mass is 9.88. The van der Waals surface area contributed by atoms with Crippen LogP contribution in [-0.4, -0.2) is 61.7 Å². The number of pyridine rings is 1. The average molecular weight is 320 g/mol. The minimum atomic E-state index is -0.0694. The highest BCUT2D eigenvalue weighted by molar-refractivity contribution is 5.93. The number of nitrogens with zero attached hydrogens (tertiary/aromatic N) is 2. The topological polar surface area (TPSA) is 66.5 Å². The fourth-order valence-electron chi connectivity index (χ4n) is 2.76. The Morgan fingerprint density at radius 2 is 2.09 bits per heavy atom. The van der Waals surface area contributed by atoms with Crippen molar-refractivity contribution in [1.29, 1.82) is 0 Å². The van der Waals surface area contributed by atoms with Crippen LogP contribution in [0.2, 0.25) is 0 Å². The maximum Gasteiger partial charge on any atom is 0.252 e. The molecule has 23 heavy (non-hydrogen) atoms. The second kappa shape index (κ2) is 8.26. The van der Waals surface area contributed by atoms with Crippen molar-refractivity contribution >= 4 is 11.7 Å². The second-order valence-corrected chi connectivity index (χ2v) is 6.27. The van der Waals surface area contributed by atoms with E-state index in [-0.39, 0.29) is 11.4 Å². The number of anilines is 1. The molecule has 0 aliphatic carbocycles. The standard InChI is InChI=1S/C17H28N4O2/c1-4-9-18-16(22)14-5-6-15(19-12-14)20-13-17(21(2)3)7-10-23-11-8-17/h5-6,12H,4,7-11,13H2,1-3H3,(H,18,22)(H,19,20). The average Bonchev–Trinajstić information content (AvgIpc) is 2.59. The van der Waals surface area contributed by atoms with Crippen LogP contribution in [0.1, 0.15) is 36.5 Å². The molecule has 0 atom stereocenters. The van der Waals surface area contributed by atoms with Gasteiger partial charge in [0.15, 0.2) is 0 Å². The molecule has 6 nitrogen and oxygen atoms in total. The van der Waals surface area contributed by atoms with Crippen molar-refractivity contribution in [2.24, 2.45) is 0 Å². The summed E-state index contributed by atoms with van der Waals surface area (Å²) in [7, 11) is 4.23. The molecule has 0 saturated carbocycles. The van der Waals surface area contributed by atoms with Crippen molar-refractivity contribution in [3.63, 3.8) is 0 Å². The molecule has 1 saturated heterocycles. The SMILES string of the molecule is CCCNC(=O)c1ccc(NCC2(N(C)C)CCOCC2)nc1. The first kappa shape index (κ1) is 17.7. The van der Waals surface area contributed by atoms with E-state index in [4.69, 9.17) is 4.74 Å². The van der Waals surface area contributed by atoms with E-state index in [1.807, 2.05) is 19.1 Å². The molecule has 1 fully saturated rings. The Labute approximate surface area is 138 Å². The first-order valence-electron chi connectivity index (χ1n) is 8.31. The van der Waals surface area contributed by atoms with Gasteiger partial charge in [0.1, 0.15) is 5.82 Å². The monoisotopic (exact) mass is 320 g/mol. The molecular formula is C17H28N4O2. The molecule has 1 aliphatic rings. The van der Waals surface area contributed by atoms with Crippen molar-refractivity contribution in [2.45, 2.75) is 31.7 Å². The van der Waals surface area contributed by atoms with Gasteiger partial charge in [0, 0.05) is 38.0 Å². The maximum absolute atomic E-state index is 11.9. The summed E-state index contributed by atoms with van der Waals surface area (Å²) in [5.41, 5.74) is 0.689. The Morgan fingerprint density at radius 1 is 1.35 bits per heavy atom.